The summed E-state index contributed by atoms with van der Waals surface area (Å²) in [5.41, 5.74) is 3.11. The Kier molecular flexibility index (Phi) is 8.13. The van der Waals surface area contributed by atoms with Crippen molar-refractivity contribution in [3.8, 4) is 0 Å². The Morgan fingerprint density at radius 1 is 0.828 bits per heavy atom. The molecule has 0 aliphatic carbocycles. The number of benzene rings is 2. The smallest absolute Gasteiger partial charge is 0.251 e. The molecule has 0 radical (unpaired) electrons. The van der Waals surface area contributed by atoms with Crippen LogP contribution in [0.5, 0.6) is 0 Å². The van der Waals surface area contributed by atoms with E-state index in [9.17, 15) is 14.4 Å². The number of Topliss-reactive ketones (excluding diaryl/α,β-unsaturated/α-hetero) is 1. The Morgan fingerprint density at radius 2 is 1.41 bits per heavy atom. The minimum atomic E-state index is -0.210. The SMILES string of the molecule is CC(C)C(=O)c1ccc(C(=O)NCCCC(=O)Nc2ccc(C(C)C)cc2)cc1. The number of hydrogen-bond donors (Lipinski definition) is 2. The molecule has 0 spiro atoms. The lowest BCUT2D eigenvalue weighted by molar-refractivity contribution is -0.116. The molecule has 2 amide bonds. The number of hydrogen-bond acceptors (Lipinski definition) is 3. The van der Waals surface area contributed by atoms with E-state index in [0.29, 0.717) is 36.4 Å². The number of anilines is 1. The van der Waals surface area contributed by atoms with Crippen molar-refractivity contribution in [1.29, 1.82) is 0 Å². The van der Waals surface area contributed by atoms with Gasteiger partial charge in [0, 0.05) is 35.7 Å². The van der Waals surface area contributed by atoms with Gasteiger partial charge >= 0.3 is 0 Å². The van der Waals surface area contributed by atoms with E-state index in [2.05, 4.69) is 24.5 Å². The molecule has 2 aromatic carbocycles. The molecule has 2 N–H and O–H groups in total. The summed E-state index contributed by atoms with van der Waals surface area (Å²) < 4.78 is 0. The monoisotopic (exact) mass is 394 g/mol. The van der Waals surface area contributed by atoms with Gasteiger partial charge in [0.15, 0.2) is 5.78 Å². The molecule has 0 heterocycles. The number of nitrogens with one attached hydrogen (secondary N) is 2. The predicted octanol–water partition coefficient (Wildman–Crippen LogP) is 4.80. The lowest BCUT2D eigenvalue weighted by atomic mass is 10.00. The molecule has 0 aliphatic heterocycles. The fraction of sp³-hybridized carbons (Fsp3) is 0.375. The van der Waals surface area contributed by atoms with Gasteiger partial charge in [0.2, 0.25) is 5.91 Å². The summed E-state index contributed by atoms with van der Waals surface area (Å²) in [6, 6.07) is 14.5. The first kappa shape index (κ1) is 22.3. The van der Waals surface area contributed by atoms with Crippen LogP contribution in [0.3, 0.4) is 0 Å². The fourth-order valence-electron chi connectivity index (χ4n) is 2.85. The quantitative estimate of drug-likeness (QED) is 0.474. The van der Waals surface area contributed by atoms with E-state index in [0.717, 1.165) is 5.69 Å². The van der Waals surface area contributed by atoms with Crippen molar-refractivity contribution in [2.24, 2.45) is 5.92 Å². The van der Waals surface area contributed by atoms with Crippen LogP contribution in [0.25, 0.3) is 0 Å². The number of carbonyl (C=O) groups excluding carboxylic acids is 3. The third kappa shape index (κ3) is 6.86. The zero-order chi connectivity index (χ0) is 21.4. The van der Waals surface area contributed by atoms with Gasteiger partial charge in [0.05, 0.1) is 0 Å². The number of rotatable bonds is 9. The Bertz CT molecular complexity index is 837. The Hall–Kier alpha value is -2.95. The van der Waals surface area contributed by atoms with Crippen LogP contribution in [-0.2, 0) is 4.79 Å². The highest BCUT2D eigenvalue weighted by molar-refractivity contribution is 5.99. The minimum absolute atomic E-state index is 0.0572. The van der Waals surface area contributed by atoms with Crippen LogP contribution < -0.4 is 10.6 Å². The van der Waals surface area contributed by atoms with Gasteiger partial charge in [0.1, 0.15) is 0 Å². The second-order valence-electron chi connectivity index (χ2n) is 7.78. The molecule has 154 valence electrons. The molecular formula is C24H30N2O3. The maximum atomic E-state index is 12.2. The molecule has 2 rings (SSSR count). The Morgan fingerprint density at radius 3 is 1.97 bits per heavy atom. The molecule has 0 aromatic heterocycles. The van der Waals surface area contributed by atoms with Crippen molar-refractivity contribution in [3.63, 3.8) is 0 Å². The van der Waals surface area contributed by atoms with Gasteiger partial charge in [-0.3, -0.25) is 14.4 Å². The maximum absolute atomic E-state index is 12.2. The first-order valence-electron chi connectivity index (χ1n) is 10.1. The molecule has 0 fully saturated rings. The first-order valence-corrected chi connectivity index (χ1v) is 10.1. The van der Waals surface area contributed by atoms with Crippen LogP contribution in [0, 0.1) is 5.92 Å². The van der Waals surface area contributed by atoms with Crippen molar-refractivity contribution in [3.05, 3.63) is 65.2 Å². The largest absolute Gasteiger partial charge is 0.352 e. The van der Waals surface area contributed by atoms with Crippen LogP contribution in [-0.4, -0.2) is 24.1 Å². The maximum Gasteiger partial charge on any atom is 0.251 e. The van der Waals surface area contributed by atoms with Crippen molar-refractivity contribution in [1.82, 2.24) is 5.32 Å². The highest BCUT2D eigenvalue weighted by Gasteiger charge is 2.12. The number of carbonyl (C=O) groups is 3. The molecule has 29 heavy (non-hydrogen) atoms. The van der Waals surface area contributed by atoms with Crippen molar-refractivity contribution < 1.29 is 14.4 Å². The highest BCUT2D eigenvalue weighted by Crippen LogP contribution is 2.17. The van der Waals surface area contributed by atoms with Gasteiger partial charge in [-0.15, -0.1) is 0 Å². The summed E-state index contributed by atoms with van der Waals surface area (Å²) >= 11 is 0. The van der Waals surface area contributed by atoms with Gasteiger partial charge in [-0.1, -0.05) is 52.0 Å². The summed E-state index contributed by atoms with van der Waals surface area (Å²) in [5.74, 6) is 0.150. The second-order valence-corrected chi connectivity index (χ2v) is 7.78. The average molecular weight is 395 g/mol. The molecule has 2 aromatic rings. The molecular weight excluding hydrogens is 364 g/mol. The van der Waals surface area contributed by atoms with Crippen molar-refractivity contribution >= 4 is 23.3 Å². The molecule has 0 aliphatic rings. The molecule has 5 heteroatoms. The van der Waals surface area contributed by atoms with Crippen molar-refractivity contribution in [2.45, 2.75) is 46.5 Å². The molecule has 0 unspecified atom stereocenters. The van der Waals surface area contributed by atoms with Crippen LogP contribution in [0.15, 0.2) is 48.5 Å². The minimum Gasteiger partial charge on any atom is -0.352 e. The average Bonchev–Trinajstić information content (AvgIpc) is 2.71. The van der Waals surface area contributed by atoms with Crippen LogP contribution >= 0.6 is 0 Å². The van der Waals surface area contributed by atoms with Crippen LogP contribution in [0.4, 0.5) is 5.69 Å². The number of amides is 2. The second kappa shape index (κ2) is 10.6. The summed E-state index contributed by atoms with van der Waals surface area (Å²) in [6.45, 7) is 8.35. The standard InChI is InChI=1S/C24H30N2O3/c1-16(2)18-11-13-21(14-12-18)26-22(27)6-5-15-25-24(29)20-9-7-19(8-10-20)23(28)17(3)4/h7-14,16-17H,5-6,15H2,1-4H3,(H,25,29)(H,26,27). The third-order valence-electron chi connectivity index (χ3n) is 4.68. The zero-order valence-electron chi connectivity index (χ0n) is 17.6. The number of ketones is 1. The van der Waals surface area contributed by atoms with Gasteiger partial charge in [-0.05, 0) is 42.2 Å². The van der Waals surface area contributed by atoms with E-state index in [4.69, 9.17) is 0 Å². The molecule has 5 nitrogen and oxygen atoms in total. The van der Waals surface area contributed by atoms with E-state index >= 15 is 0 Å². The van der Waals surface area contributed by atoms with Gasteiger partial charge in [-0.2, -0.15) is 0 Å². The third-order valence-corrected chi connectivity index (χ3v) is 4.68. The van der Waals surface area contributed by atoms with E-state index in [1.807, 2.05) is 38.1 Å². The van der Waals surface area contributed by atoms with Crippen LogP contribution in [0.2, 0.25) is 0 Å². The summed E-state index contributed by atoms with van der Waals surface area (Å²) in [6.07, 6.45) is 0.875. The molecule has 0 saturated carbocycles. The predicted molar refractivity (Wildman–Crippen MR) is 116 cm³/mol. The molecule has 0 bridgehead atoms. The molecule has 0 saturated heterocycles. The lowest BCUT2D eigenvalue weighted by Crippen LogP contribution is -2.25. The lowest BCUT2D eigenvalue weighted by Gasteiger charge is -2.09. The first-order chi connectivity index (χ1) is 13.8. The normalized spacial score (nSPS) is 10.8. The summed E-state index contributed by atoms with van der Waals surface area (Å²) in [4.78, 5) is 36.2. The van der Waals surface area contributed by atoms with Crippen molar-refractivity contribution in [2.75, 3.05) is 11.9 Å². The highest BCUT2D eigenvalue weighted by atomic mass is 16.2. The van der Waals surface area contributed by atoms with Gasteiger partial charge in [0.25, 0.3) is 5.91 Å². The van der Waals surface area contributed by atoms with E-state index in [1.54, 1.807) is 24.3 Å². The van der Waals surface area contributed by atoms with E-state index < -0.39 is 0 Å². The molecule has 0 atom stereocenters. The zero-order valence-corrected chi connectivity index (χ0v) is 17.6. The van der Waals surface area contributed by atoms with Gasteiger partial charge < -0.3 is 10.6 Å². The van der Waals surface area contributed by atoms with E-state index in [1.165, 1.54) is 5.56 Å². The summed E-state index contributed by atoms with van der Waals surface area (Å²) in [5, 5.41) is 5.68. The Balaban J connectivity index is 1.73. The summed E-state index contributed by atoms with van der Waals surface area (Å²) in [7, 11) is 0. The topological polar surface area (TPSA) is 75.3 Å². The van der Waals surface area contributed by atoms with Crippen LogP contribution in [0.1, 0.15) is 72.7 Å². The Labute approximate surface area is 172 Å². The fourth-order valence-corrected chi connectivity index (χ4v) is 2.85. The van der Waals surface area contributed by atoms with Gasteiger partial charge in [-0.25, -0.2) is 0 Å². The van der Waals surface area contributed by atoms with E-state index in [-0.39, 0.29) is 23.5 Å².